The minimum atomic E-state index is -1.34. The second kappa shape index (κ2) is 38.8. The number of ether oxygens (including phenoxy) is 10. The standard InChI is InChI=1S/C46H73N7O13S/c1-2-11-53(45(56)39-35-42-41(8-33-67-42)52-43(48)36-39)12-4-9-49-46(51-40-6-3-5-38(34-40)37-47)50-10-14-58-16-18-60-20-22-62-24-26-64-28-30-66-32-31-65-29-27-63-25-23-61-21-19-59-17-15-57-13-7-44(54)55/h3,5-6,8,33-35,44,54-55H,2,4,7,9-32,36H2,1H3,(H2,48,52)(H2,49,50,51). The van der Waals surface area contributed by atoms with E-state index in [0.717, 1.165) is 17.0 Å². The number of amidine groups is 1. The van der Waals surface area contributed by atoms with Gasteiger partial charge in [0.25, 0.3) is 0 Å². The van der Waals surface area contributed by atoms with Crippen LogP contribution in [0.2, 0.25) is 0 Å². The lowest BCUT2D eigenvalue weighted by molar-refractivity contribution is -0.127. The molecule has 2 aromatic rings. The Kier molecular flexibility index (Phi) is 33.1. The van der Waals surface area contributed by atoms with Gasteiger partial charge < -0.3 is 78.8 Å². The molecule has 2 heterocycles. The third kappa shape index (κ3) is 28.7. The summed E-state index contributed by atoms with van der Waals surface area (Å²) in [5, 5.41) is 35.4. The lowest BCUT2D eigenvalue weighted by atomic mass is 10.1. The Morgan fingerprint density at radius 1 is 0.761 bits per heavy atom. The van der Waals surface area contributed by atoms with Gasteiger partial charge in [-0.2, -0.15) is 5.26 Å². The largest absolute Gasteiger partial charge is 0.387 e. The summed E-state index contributed by atoms with van der Waals surface area (Å²) in [7, 11) is 0. The van der Waals surface area contributed by atoms with Gasteiger partial charge in [-0.25, -0.2) is 9.98 Å². The number of hydrogen-bond donors (Lipinski definition) is 5. The summed E-state index contributed by atoms with van der Waals surface area (Å²) in [6.45, 7) is 13.1. The molecule has 1 amide bonds. The number of thiophene rings is 1. The molecular weight excluding hydrogens is 891 g/mol. The van der Waals surface area contributed by atoms with Crippen LogP contribution in [-0.4, -0.2) is 197 Å². The number of nitrogens with zero attached hydrogens (tertiary/aromatic N) is 4. The fourth-order valence-corrected chi connectivity index (χ4v) is 6.73. The van der Waals surface area contributed by atoms with Gasteiger partial charge in [0, 0.05) is 44.6 Å². The van der Waals surface area contributed by atoms with Crippen molar-refractivity contribution < 1.29 is 62.4 Å². The van der Waals surface area contributed by atoms with Crippen LogP contribution < -0.4 is 16.4 Å². The number of fused-ring (bicyclic) bond motifs is 1. The number of aliphatic imine (C=N–C) groups is 2. The maximum atomic E-state index is 13.6. The minimum absolute atomic E-state index is 0.0313. The van der Waals surface area contributed by atoms with Crippen molar-refractivity contribution in [2.45, 2.75) is 38.9 Å². The summed E-state index contributed by atoms with van der Waals surface area (Å²) >= 11 is 1.54. The lowest BCUT2D eigenvalue weighted by Crippen LogP contribution is -2.41. The van der Waals surface area contributed by atoms with Crippen molar-refractivity contribution in [1.82, 2.24) is 15.5 Å². The monoisotopic (exact) mass is 963 g/mol. The molecule has 376 valence electrons. The Labute approximate surface area is 399 Å². The lowest BCUT2D eigenvalue weighted by Gasteiger charge is -2.24. The molecule has 0 saturated carbocycles. The zero-order valence-corrected chi connectivity index (χ0v) is 39.9. The van der Waals surface area contributed by atoms with E-state index in [-0.39, 0.29) is 18.9 Å². The summed E-state index contributed by atoms with van der Waals surface area (Å²) in [5.41, 5.74) is 8.75. The van der Waals surface area contributed by atoms with Crippen LogP contribution in [0, 0.1) is 11.3 Å². The number of aliphatic hydroxyl groups is 2. The van der Waals surface area contributed by atoms with Crippen molar-refractivity contribution >= 4 is 46.5 Å². The first-order chi connectivity index (χ1) is 32.9. The number of nitriles is 1. The molecular formula is C46H73N7O13S. The second-order valence-electron chi connectivity index (χ2n) is 14.6. The van der Waals surface area contributed by atoms with Crippen LogP contribution in [0.15, 0.2) is 51.3 Å². The molecule has 0 fully saturated rings. The molecule has 0 unspecified atom stereocenters. The molecule has 1 aliphatic rings. The first kappa shape index (κ1) is 57.2. The summed E-state index contributed by atoms with van der Waals surface area (Å²) in [6.07, 6.45) is 2.58. The molecule has 0 aliphatic carbocycles. The number of nitrogens with two attached hydrogens (primary N) is 1. The van der Waals surface area contributed by atoms with E-state index in [0.29, 0.717) is 193 Å². The van der Waals surface area contributed by atoms with Crippen LogP contribution in [0.25, 0.3) is 6.08 Å². The Morgan fingerprint density at radius 3 is 1.78 bits per heavy atom. The van der Waals surface area contributed by atoms with Gasteiger partial charge in [-0.05, 0) is 48.6 Å². The molecule has 1 aromatic carbocycles. The number of guanidine groups is 1. The molecule has 21 heteroatoms. The van der Waals surface area contributed by atoms with Crippen LogP contribution in [-0.2, 0) is 52.2 Å². The van der Waals surface area contributed by atoms with Gasteiger partial charge in [0.1, 0.15) is 5.84 Å². The minimum Gasteiger partial charge on any atom is -0.387 e. The zero-order chi connectivity index (χ0) is 47.8. The van der Waals surface area contributed by atoms with Crippen LogP contribution in [0.3, 0.4) is 0 Å². The molecule has 67 heavy (non-hydrogen) atoms. The van der Waals surface area contributed by atoms with E-state index in [4.69, 9.17) is 68.3 Å². The molecule has 1 aromatic heterocycles. The molecule has 0 saturated heterocycles. The SMILES string of the molecule is CCCN(CCCN/C(=N\c1cccc(C#N)c1)NCCOCCOCCOCCOCCOCCOCCOCCOCCOCCOCCC(O)O)C(=O)C1=Cc2sccc2N=C(N)C1. The Hall–Kier alpha value is -4.12. The van der Waals surface area contributed by atoms with E-state index in [2.05, 4.69) is 28.6 Å². The van der Waals surface area contributed by atoms with Crippen LogP contribution in [0.1, 0.15) is 43.0 Å². The topological polar surface area (TPSA) is 252 Å². The predicted molar refractivity (Wildman–Crippen MR) is 255 cm³/mol. The Balaban J connectivity index is 1.13. The van der Waals surface area contributed by atoms with Crippen molar-refractivity contribution in [3.63, 3.8) is 0 Å². The first-order valence-electron chi connectivity index (χ1n) is 23.0. The van der Waals surface area contributed by atoms with E-state index in [1.165, 1.54) is 0 Å². The van der Waals surface area contributed by atoms with E-state index < -0.39 is 6.29 Å². The highest BCUT2D eigenvalue weighted by Gasteiger charge is 2.21. The maximum Gasteiger partial charge on any atom is 0.250 e. The van der Waals surface area contributed by atoms with Crippen molar-refractivity contribution in [2.75, 3.05) is 158 Å². The molecule has 0 bridgehead atoms. The zero-order valence-electron chi connectivity index (χ0n) is 39.1. The molecule has 0 spiro atoms. The van der Waals surface area contributed by atoms with E-state index >= 15 is 0 Å². The predicted octanol–water partition coefficient (Wildman–Crippen LogP) is 2.76. The first-order valence-corrected chi connectivity index (χ1v) is 23.9. The third-order valence-electron chi connectivity index (χ3n) is 9.19. The van der Waals surface area contributed by atoms with Crippen molar-refractivity contribution in [2.24, 2.45) is 15.7 Å². The van der Waals surface area contributed by atoms with Gasteiger partial charge in [-0.15, -0.1) is 11.3 Å². The van der Waals surface area contributed by atoms with Crippen LogP contribution >= 0.6 is 11.3 Å². The number of aliphatic hydroxyl groups excluding tert-OH is 1. The smallest absolute Gasteiger partial charge is 0.250 e. The number of carbonyl (C=O) groups excluding carboxylic acids is 1. The Bertz CT molecular complexity index is 1730. The summed E-state index contributed by atoms with van der Waals surface area (Å²) in [5.74, 6) is 0.940. The van der Waals surface area contributed by atoms with Gasteiger partial charge >= 0.3 is 0 Å². The maximum absolute atomic E-state index is 13.6. The highest BCUT2D eigenvalue weighted by molar-refractivity contribution is 7.11. The number of nitrogens with one attached hydrogen (secondary N) is 2. The van der Waals surface area contributed by atoms with Gasteiger partial charge in [-0.1, -0.05) is 13.0 Å². The van der Waals surface area contributed by atoms with Crippen molar-refractivity contribution in [1.29, 1.82) is 5.26 Å². The molecule has 3 rings (SSSR count). The molecule has 0 atom stereocenters. The van der Waals surface area contributed by atoms with Crippen LogP contribution in [0.4, 0.5) is 11.4 Å². The van der Waals surface area contributed by atoms with Gasteiger partial charge in [-0.3, -0.25) is 4.79 Å². The average molecular weight is 964 g/mol. The fraction of sp³-hybridized carbons (Fsp3) is 0.652. The number of carbonyl (C=O) groups is 1. The van der Waals surface area contributed by atoms with Gasteiger partial charge in [0.05, 0.1) is 160 Å². The molecule has 20 nitrogen and oxygen atoms in total. The van der Waals surface area contributed by atoms with Gasteiger partial charge in [0.15, 0.2) is 12.2 Å². The summed E-state index contributed by atoms with van der Waals surface area (Å²) in [6, 6.07) is 11.1. The second-order valence-corrected chi connectivity index (χ2v) is 15.6. The summed E-state index contributed by atoms with van der Waals surface area (Å²) < 4.78 is 54.9. The summed E-state index contributed by atoms with van der Waals surface area (Å²) in [4.78, 5) is 25.6. The molecule has 1 aliphatic heterocycles. The van der Waals surface area contributed by atoms with Crippen molar-refractivity contribution in [3.05, 3.63) is 51.7 Å². The quantitative estimate of drug-likeness (QED) is 0.0278. The average Bonchev–Trinajstić information content (AvgIpc) is 3.69. The van der Waals surface area contributed by atoms with E-state index in [1.54, 1.807) is 29.5 Å². The van der Waals surface area contributed by atoms with Gasteiger partial charge in [0.2, 0.25) is 5.91 Å². The van der Waals surface area contributed by atoms with E-state index in [1.807, 2.05) is 28.5 Å². The number of amides is 1. The molecule has 0 radical (unpaired) electrons. The third-order valence-corrected chi connectivity index (χ3v) is 10.0. The highest BCUT2D eigenvalue weighted by atomic mass is 32.1. The van der Waals surface area contributed by atoms with E-state index in [9.17, 15) is 10.1 Å². The van der Waals surface area contributed by atoms with Crippen LogP contribution in [0.5, 0.6) is 0 Å². The fourth-order valence-electron chi connectivity index (χ4n) is 5.94. The number of hydrogen-bond acceptors (Lipinski definition) is 18. The molecule has 6 N–H and O–H groups in total. The number of rotatable bonds is 41. The van der Waals surface area contributed by atoms with Crippen molar-refractivity contribution in [3.8, 4) is 6.07 Å². The highest BCUT2D eigenvalue weighted by Crippen LogP contribution is 2.31. The number of benzene rings is 1. The Morgan fingerprint density at radius 2 is 1.27 bits per heavy atom. The normalized spacial score (nSPS) is 12.7.